The molecule has 0 aliphatic carbocycles. The Kier molecular flexibility index (Phi) is 5.91. The highest BCUT2D eigenvalue weighted by Crippen LogP contribution is 2.29. The van der Waals surface area contributed by atoms with Gasteiger partial charge >= 0.3 is 0 Å². The molecule has 25 heavy (non-hydrogen) atoms. The third-order valence-corrected chi connectivity index (χ3v) is 5.97. The van der Waals surface area contributed by atoms with Gasteiger partial charge in [0.15, 0.2) is 0 Å². The molecule has 2 rings (SSSR count). The van der Waals surface area contributed by atoms with Crippen LogP contribution in [-0.2, 0) is 19.5 Å². The average molecular weight is 343 g/mol. The topological polar surface area (TPSA) is 9.86 Å². The maximum absolute atomic E-state index is 2.58. The second-order valence-electron chi connectivity index (χ2n) is 8.75. The first-order valence-electron chi connectivity index (χ1n) is 9.86. The van der Waals surface area contributed by atoms with Crippen molar-refractivity contribution in [3.63, 3.8) is 0 Å². The van der Waals surface area contributed by atoms with E-state index in [0.717, 1.165) is 19.5 Å². The largest absolute Gasteiger partial charge is 0.348 e. The molecule has 0 aliphatic rings. The monoisotopic (exact) mass is 342 g/mol. The summed E-state index contributed by atoms with van der Waals surface area (Å²) in [6.07, 6.45) is 1.04. The molecular formula is C23H38N2. The van der Waals surface area contributed by atoms with E-state index in [9.17, 15) is 0 Å². The molecule has 0 radical (unpaired) electrons. The molecule has 0 fully saturated rings. The zero-order valence-electron chi connectivity index (χ0n) is 18.2. The van der Waals surface area contributed by atoms with Crippen LogP contribution in [0.2, 0.25) is 0 Å². The minimum atomic E-state index is 0.663. The Morgan fingerprint density at radius 2 is 0.880 bits per heavy atom. The SMILES string of the molecule is Cc1c(C)c(Cc2c(C)c(C)c(C)n2CC(C)C)n(CC(C)C)c1C. The quantitative estimate of drug-likeness (QED) is 0.605. The van der Waals surface area contributed by atoms with E-state index in [1.807, 2.05) is 0 Å². The number of aromatic nitrogens is 2. The van der Waals surface area contributed by atoms with Crippen LogP contribution in [0.1, 0.15) is 72.7 Å². The van der Waals surface area contributed by atoms with Gasteiger partial charge in [-0.25, -0.2) is 0 Å². The van der Waals surface area contributed by atoms with Gasteiger partial charge in [0, 0.05) is 42.3 Å². The molecule has 0 unspecified atom stereocenters. The van der Waals surface area contributed by atoms with Crippen molar-refractivity contribution in [2.24, 2.45) is 11.8 Å². The smallest absolute Gasteiger partial charge is 0.0288 e. The molecule has 0 amide bonds. The Morgan fingerprint density at radius 3 is 1.16 bits per heavy atom. The standard InChI is InChI=1S/C23H38N2/c1-14(2)12-24-20(9)16(5)18(7)22(24)11-23-19(8)17(6)21(10)25(23)13-15(3)4/h14-15H,11-13H2,1-10H3. The molecule has 2 nitrogen and oxygen atoms in total. The number of hydrogen-bond acceptors (Lipinski definition) is 0. The molecule has 0 aliphatic heterocycles. The summed E-state index contributed by atoms with van der Waals surface area (Å²) in [5.74, 6) is 1.33. The molecule has 0 bridgehead atoms. The second kappa shape index (κ2) is 7.43. The fourth-order valence-corrected chi connectivity index (χ4v) is 4.03. The Bertz CT molecular complexity index is 690. The predicted molar refractivity (Wildman–Crippen MR) is 110 cm³/mol. The Morgan fingerprint density at radius 1 is 0.560 bits per heavy atom. The van der Waals surface area contributed by atoms with Crippen molar-refractivity contribution in [2.45, 2.75) is 88.7 Å². The molecule has 0 atom stereocenters. The summed E-state index contributed by atoms with van der Waals surface area (Å²) in [5.41, 5.74) is 11.8. The molecule has 0 spiro atoms. The average Bonchev–Trinajstić information content (AvgIpc) is 2.83. The van der Waals surface area contributed by atoms with Crippen molar-refractivity contribution in [2.75, 3.05) is 0 Å². The van der Waals surface area contributed by atoms with Crippen molar-refractivity contribution in [3.8, 4) is 0 Å². The van der Waals surface area contributed by atoms with Gasteiger partial charge in [0.25, 0.3) is 0 Å². The molecule has 140 valence electrons. The Labute approximate surface area is 155 Å². The van der Waals surface area contributed by atoms with Gasteiger partial charge in [-0.15, -0.1) is 0 Å². The van der Waals surface area contributed by atoms with Crippen LogP contribution in [-0.4, -0.2) is 9.13 Å². The lowest BCUT2D eigenvalue weighted by Crippen LogP contribution is -2.14. The molecular weight excluding hydrogens is 304 g/mol. The lowest BCUT2D eigenvalue weighted by molar-refractivity contribution is 0.491. The van der Waals surface area contributed by atoms with Gasteiger partial charge < -0.3 is 9.13 Å². The van der Waals surface area contributed by atoms with Crippen LogP contribution in [0.15, 0.2) is 0 Å². The molecule has 2 aromatic heterocycles. The minimum Gasteiger partial charge on any atom is -0.348 e. The minimum absolute atomic E-state index is 0.663. The molecule has 2 aromatic rings. The van der Waals surface area contributed by atoms with Crippen molar-refractivity contribution < 1.29 is 0 Å². The van der Waals surface area contributed by atoms with E-state index in [4.69, 9.17) is 0 Å². The van der Waals surface area contributed by atoms with E-state index >= 15 is 0 Å². The summed E-state index contributed by atoms with van der Waals surface area (Å²) >= 11 is 0. The summed E-state index contributed by atoms with van der Waals surface area (Å²) in [6.45, 7) is 25.2. The molecule has 0 aromatic carbocycles. The van der Waals surface area contributed by atoms with E-state index in [0.29, 0.717) is 11.8 Å². The van der Waals surface area contributed by atoms with Crippen LogP contribution in [0.3, 0.4) is 0 Å². The maximum atomic E-state index is 2.58. The summed E-state index contributed by atoms with van der Waals surface area (Å²) < 4.78 is 5.15. The summed E-state index contributed by atoms with van der Waals surface area (Å²) in [4.78, 5) is 0. The van der Waals surface area contributed by atoms with Crippen LogP contribution in [0.5, 0.6) is 0 Å². The molecule has 2 heterocycles. The highest BCUT2D eigenvalue weighted by molar-refractivity contribution is 5.43. The highest BCUT2D eigenvalue weighted by Gasteiger charge is 2.21. The van der Waals surface area contributed by atoms with E-state index < -0.39 is 0 Å². The molecule has 0 saturated carbocycles. The lowest BCUT2D eigenvalue weighted by atomic mass is 10.1. The lowest BCUT2D eigenvalue weighted by Gasteiger charge is -2.18. The molecule has 0 saturated heterocycles. The van der Waals surface area contributed by atoms with Gasteiger partial charge in [-0.3, -0.25) is 0 Å². The van der Waals surface area contributed by atoms with Gasteiger partial charge in [0.2, 0.25) is 0 Å². The van der Waals surface area contributed by atoms with Crippen molar-refractivity contribution in [1.82, 2.24) is 9.13 Å². The maximum Gasteiger partial charge on any atom is 0.0288 e. The molecule has 2 heteroatoms. The third-order valence-electron chi connectivity index (χ3n) is 5.97. The normalized spacial score (nSPS) is 12.0. The van der Waals surface area contributed by atoms with Gasteiger partial charge in [0.05, 0.1) is 0 Å². The van der Waals surface area contributed by atoms with Crippen molar-refractivity contribution in [3.05, 3.63) is 45.0 Å². The number of nitrogens with zero attached hydrogens (tertiary/aromatic N) is 2. The fraction of sp³-hybridized carbons (Fsp3) is 0.652. The first kappa shape index (κ1) is 19.9. The predicted octanol–water partition coefficient (Wildman–Crippen LogP) is 6.04. The first-order chi connectivity index (χ1) is 11.6. The second-order valence-corrected chi connectivity index (χ2v) is 8.75. The number of hydrogen-bond donors (Lipinski definition) is 0. The zero-order chi connectivity index (χ0) is 19.0. The van der Waals surface area contributed by atoms with Crippen LogP contribution in [0, 0.1) is 53.4 Å². The fourth-order valence-electron chi connectivity index (χ4n) is 4.03. The van der Waals surface area contributed by atoms with Gasteiger partial charge in [-0.1, -0.05) is 27.7 Å². The summed E-state index contributed by atoms with van der Waals surface area (Å²) in [7, 11) is 0. The van der Waals surface area contributed by atoms with Crippen LogP contribution < -0.4 is 0 Å². The van der Waals surface area contributed by atoms with E-state index in [2.05, 4.69) is 78.4 Å². The van der Waals surface area contributed by atoms with E-state index in [1.165, 1.54) is 45.0 Å². The van der Waals surface area contributed by atoms with Crippen LogP contribution in [0.4, 0.5) is 0 Å². The van der Waals surface area contributed by atoms with Gasteiger partial charge in [-0.2, -0.15) is 0 Å². The third kappa shape index (κ3) is 3.73. The Balaban J connectivity index is 2.57. The van der Waals surface area contributed by atoms with Gasteiger partial charge in [0.1, 0.15) is 0 Å². The van der Waals surface area contributed by atoms with E-state index in [-0.39, 0.29) is 0 Å². The summed E-state index contributed by atoms with van der Waals surface area (Å²) in [5, 5.41) is 0. The summed E-state index contributed by atoms with van der Waals surface area (Å²) in [6, 6.07) is 0. The molecule has 0 N–H and O–H groups in total. The van der Waals surface area contributed by atoms with E-state index in [1.54, 1.807) is 0 Å². The van der Waals surface area contributed by atoms with Crippen molar-refractivity contribution in [1.29, 1.82) is 0 Å². The van der Waals surface area contributed by atoms with Crippen LogP contribution in [0.25, 0.3) is 0 Å². The van der Waals surface area contributed by atoms with Gasteiger partial charge in [-0.05, 0) is 75.6 Å². The first-order valence-corrected chi connectivity index (χ1v) is 9.86. The van der Waals surface area contributed by atoms with Crippen LogP contribution >= 0.6 is 0 Å². The van der Waals surface area contributed by atoms with Crippen molar-refractivity contribution >= 4 is 0 Å². The highest BCUT2D eigenvalue weighted by atomic mass is 15.0. The Hall–Kier alpha value is -1.44. The number of rotatable bonds is 6. The zero-order valence-corrected chi connectivity index (χ0v) is 18.2.